The number of aromatic nitrogens is 3. The van der Waals surface area contributed by atoms with Crippen molar-refractivity contribution < 1.29 is 14.3 Å². The van der Waals surface area contributed by atoms with Gasteiger partial charge in [-0.25, -0.2) is 0 Å². The van der Waals surface area contributed by atoms with Gasteiger partial charge in [0.2, 0.25) is 5.91 Å². The first-order chi connectivity index (χ1) is 15.1. The van der Waals surface area contributed by atoms with E-state index in [1.807, 2.05) is 35.9 Å². The Hall–Kier alpha value is -3.00. The molecule has 1 heterocycles. The minimum Gasteiger partial charge on any atom is -0.497 e. The molecule has 0 fully saturated rings. The van der Waals surface area contributed by atoms with Gasteiger partial charge in [0.05, 0.1) is 12.9 Å². The van der Waals surface area contributed by atoms with Crippen molar-refractivity contribution in [2.45, 2.75) is 37.4 Å². The summed E-state index contributed by atoms with van der Waals surface area (Å²) < 4.78 is 13.0. The Morgan fingerprint density at radius 2 is 1.94 bits per heavy atom. The number of ether oxygens (including phenoxy) is 2. The maximum absolute atomic E-state index is 12.3. The normalized spacial score (nSPS) is 12.8. The van der Waals surface area contributed by atoms with Crippen molar-refractivity contribution >= 4 is 23.4 Å². The average molecular weight is 439 g/mol. The van der Waals surface area contributed by atoms with Crippen LogP contribution in [0.25, 0.3) is 0 Å². The Kier molecular flexibility index (Phi) is 6.76. The average Bonchev–Trinajstić information content (AvgIpc) is 3.15. The number of aryl methyl sites for hydroxylation is 2. The van der Waals surface area contributed by atoms with Crippen molar-refractivity contribution in [3.63, 3.8) is 0 Å². The Morgan fingerprint density at radius 1 is 1.10 bits per heavy atom. The van der Waals surface area contributed by atoms with Crippen molar-refractivity contribution in [2.24, 2.45) is 7.05 Å². The van der Waals surface area contributed by atoms with Gasteiger partial charge in [-0.05, 0) is 61.1 Å². The van der Waals surface area contributed by atoms with Crippen LogP contribution in [0.4, 0.5) is 5.69 Å². The van der Waals surface area contributed by atoms with Gasteiger partial charge in [-0.2, -0.15) is 0 Å². The van der Waals surface area contributed by atoms with Crippen molar-refractivity contribution in [2.75, 3.05) is 18.2 Å². The molecule has 1 aliphatic rings. The van der Waals surface area contributed by atoms with Gasteiger partial charge >= 0.3 is 0 Å². The minimum absolute atomic E-state index is 0.117. The predicted octanol–water partition coefficient (Wildman–Crippen LogP) is 4.01. The first-order valence-electron chi connectivity index (χ1n) is 10.3. The van der Waals surface area contributed by atoms with Crippen LogP contribution in [-0.2, 0) is 31.3 Å². The number of nitrogens with one attached hydrogen (secondary N) is 1. The molecule has 1 amide bonds. The van der Waals surface area contributed by atoms with Crippen LogP contribution >= 0.6 is 11.8 Å². The lowest BCUT2D eigenvalue weighted by Crippen LogP contribution is -2.14. The van der Waals surface area contributed by atoms with E-state index in [0.717, 1.165) is 18.6 Å². The Morgan fingerprint density at radius 3 is 2.77 bits per heavy atom. The van der Waals surface area contributed by atoms with Crippen LogP contribution in [0.1, 0.15) is 29.8 Å². The first kappa shape index (κ1) is 21.2. The number of hydrogen-bond donors (Lipinski definition) is 1. The molecule has 0 atom stereocenters. The zero-order valence-corrected chi connectivity index (χ0v) is 18.6. The molecule has 4 rings (SSSR count). The molecule has 1 aromatic heterocycles. The molecular formula is C23H26N4O3S. The number of nitrogens with zero attached hydrogens (tertiary/aromatic N) is 3. The van der Waals surface area contributed by atoms with Crippen molar-refractivity contribution in [1.82, 2.24) is 14.8 Å². The van der Waals surface area contributed by atoms with E-state index in [9.17, 15) is 4.79 Å². The smallest absolute Gasteiger partial charge is 0.234 e. The molecular weight excluding hydrogens is 412 g/mol. The minimum atomic E-state index is -0.117. The topological polar surface area (TPSA) is 78.3 Å². The summed E-state index contributed by atoms with van der Waals surface area (Å²) >= 11 is 1.34. The second kappa shape index (κ2) is 9.87. The van der Waals surface area contributed by atoms with E-state index < -0.39 is 0 Å². The molecule has 0 spiro atoms. The van der Waals surface area contributed by atoms with E-state index in [1.165, 1.54) is 35.7 Å². The molecule has 7 nitrogen and oxygen atoms in total. The molecule has 0 unspecified atom stereocenters. The highest BCUT2D eigenvalue weighted by Gasteiger charge is 2.14. The maximum atomic E-state index is 12.3. The highest BCUT2D eigenvalue weighted by Crippen LogP contribution is 2.26. The summed E-state index contributed by atoms with van der Waals surface area (Å²) in [6.07, 6.45) is 4.79. The number of rotatable bonds is 8. The number of hydrogen-bond acceptors (Lipinski definition) is 6. The van der Waals surface area contributed by atoms with Gasteiger partial charge in [0.15, 0.2) is 11.0 Å². The third kappa shape index (κ3) is 5.38. The summed E-state index contributed by atoms with van der Waals surface area (Å²) in [5.41, 5.74) is 3.52. The van der Waals surface area contributed by atoms with Gasteiger partial charge in [0, 0.05) is 18.8 Å². The zero-order valence-electron chi connectivity index (χ0n) is 17.8. The second-order valence-electron chi connectivity index (χ2n) is 7.45. The number of amides is 1. The highest BCUT2D eigenvalue weighted by molar-refractivity contribution is 7.99. The van der Waals surface area contributed by atoms with Crippen LogP contribution < -0.4 is 14.8 Å². The SMILES string of the molecule is COc1cccc(NC(=O)CSc2nnc(COc3ccc4c(c3)CCCC4)n2C)c1. The van der Waals surface area contributed by atoms with Gasteiger partial charge in [0.1, 0.15) is 18.1 Å². The van der Waals surface area contributed by atoms with Crippen molar-refractivity contribution in [1.29, 1.82) is 0 Å². The zero-order chi connectivity index (χ0) is 21.6. The summed E-state index contributed by atoms with van der Waals surface area (Å²) in [5, 5.41) is 12.0. The second-order valence-corrected chi connectivity index (χ2v) is 8.40. The molecule has 0 bridgehead atoms. The standard InChI is InChI=1S/C23H26N4O3S/c1-27-21(14-30-20-11-10-16-6-3-4-7-17(16)12-20)25-26-23(27)31-15-22(28)24-18-8-5-9-19(13-18)29-2/h5,8-13H,3-4,6-7,14-15H2,1-2H3,(H,24,28). The van der Waals surface area contributed by atoms with E-state index in [1.54, 1.807) is 13.2 Å². The molecule has 162 valence electrons. The van der Waals surface area contributed by atoms with Crippen molar-refractivity contribution in [3.8, 4) is 11.5 Å². The molecule has 2 aromatic carbocycles. The summed E-state index contributed by atoms with van der Waals surface area (Å²) in [6, 6.07) is 13.6. The van der Waals surface area contributed by atoms with E-state index in [0.29, 0.717) is 29.0 Å². The van der Waals surface area contributed by atoms with Crippen LogP contribution in [0.2, 0.25) is 0 Å². The third-order valence-electron chi connectivity index (χ3n) is 5.30. The predicted molar refractivity (Wildman–Crippen MR) is 121 cm³/mol. The van der Waals surface area contributed by atoms with Gasteiger partial charge < -0.3 is 19.4 Å². The van der Waals surface area contributed by atoms with E-state index in [4.69, 9.17) is 9.47 Å². The number of fused-ring (bicyclic) bond motifs is 1. The lowest BCUT2D eigenvalue weighted by Gasteiger charge is -2.16. The monoisotopic (exact) mass is 438 g/mol. The van der Waals surface area contributed by atoms with Crippen molar-refractivity contribution in [3.05, 3.63) is 59.4 Å². The molecule has 3 aromatic rings. The van der Waals surface area contributed by atoms with Crippen LogP contribution in [-0.4, -0.2) is 33.5 Å². The molecule has 0 aliphatic heterocycles. The first-order valence-corrected chi connectivity index (χ1v) is 11.3. The lowest BCUT2D eigenvalue weighted by molar-refractivity contribution is -0.113. The summed E-state index contributed by atoms with van der Waals surface area (Å²) in [4.78, 5) is 12.3. The fourth-order valence-electron chi connectivity index (χ4n) is 3.57. The van der Waals surface area contributed by atoms with E-state index >= 15 is 0 Å². The Bertz CT molecular complexity index is 1070. The van der Waals surface area contributed by atoms with Crippen LogP contribution in [0.3, 0.4) is 0 Å². The number of benzene rings is 2. The molecule has 1 N–H and O–H groups in total. The van der Waals surface area contributed by atoms with Gasteiger partial charge in [0.25, 0.3) is 0 Å². The number of carbonyl (C=O) groups is 1. The van der Waals surface area contributed by atoms with E-state index in [-0.39, 0.29) is 11.7 Å². The third-order valence-corrected chi connectivity index (χ3v) is 6.32. The molecule has 0 saturated carbocycles. The Balaban J connectivity index is 1.30. The molecule has 0 saturated heterocycles. The lowest BCUT2D eigenvalue weighted by atomic mass is 9.92. The fraction of sp³-hybridized carbons (Fsp3) is 0.348. The number of carbonyl (C=O) groups excluding carboxylic acids is 1. The number of anilines is 1. The number of methoxy groups -OCH3 is 1. The molecule has 31 heavy (non-hydrogen) atoms. The molecule has 1 aliphatic carbocycles. The van der Waals surface area contributed by atoms with E-state index in [2.05, 4.69) is 27.6 Å². The quantitative estimate of drug-likeness (QED) is 0.536. The fourth-order valence-corrected chi connectivity index (χ4v) is 4.30. The van der Waals surface area contributed by atoms with Crippen LogP contribution in [0.5, 0.6) is 11.5 Å². The number of thioether (sulfide) groups is 1. The summed E-state index contributed by atoms with van der Waals surface area (Å²) in [5.74, 6) is 2.38. The Labute approximate surface area is 186 Å². The largest absolute Gasteiger partial charge is 0.497 e. The van der Waals surface area contributed by atoms with Crippen LogP contribution in [0, 0.1) is 0 Å². The summed E-state index contributed by atoms with van der Waals surface area (Å²) in [7, 11) is 3.48. The van der Waals surface area contributed by atoms with Gasteiger partial charge in [-0.3, -0.25) is 4.79 Å². The van der Waals surface area contributed by atoms with Gasteiger partial charge in [-0.15, -0.1) is 10.2 Å². The highest BCUT2D eigenvalue weighted by atomic mass is 32.2. The van der Waals surface area contributed by atoms with Crippen LogP contribution in [0.15, 0.2) is 47.6 Å². The molecule has 0 radical (unpaired) electrons. The summed E-state index contributed by atoms with van der Waals surface area (Å²) in [6.45, 7) is 0.332. The van der Waals surface area contributed by atoms with Gasteiger partial charge in [-0.1, -0.05) is 23.9 Å². The molecule has 8 heteroatoms. The maximum Gasteiger partial charge on any atom is 0.234 e.